The van der Waals surface area contributed by atoms with Gasteiger partial charge in [0.2, 0.25) is 18.4 Å². The maximum Gasteiger partial charge on any atom is 0.231 e. The fraction of sp³-hybridized carbons (Fsp3) is 0.391. The quantitative estimate of drug-likeness (QED) is 0.491. The van der Waals surface area contributed by atoms with Gasteiger partial charge in [-0.2, -0.15) is 0 Å². The van der Waals surface area contributed by atoms with Gasteiger partial charge < -0.3 is 28.4 Å². The second-order valence-corrected chi connectivity index (χ2v) is 7.45. The number of hydrogen-bond donors (Lipinski definition) is 0. The summed E-state index contributed by atoms with van der Waals surface area (Å²) in [6.07, 6.45) is 2.38. The number of aromatic nitrogens is 2. The van der Waals surface area contributed by atoms with Crippen LogP contribution in [-0.2, 0) is 4.74 Å². The summed E-state index contributed by atoms with van der Waals surface area (Å²) in [5.74, 6) is 3.38. The van der Waals surface area contributed by atoms with Crippen LogP contribution in [0.2, 0.25) is 0 Å². The third-order valence-electron chi connectivity index (χ3n) is 5.43. The van der Waals surface area contributed by atoms with Gasteiger partial charge in [0, 0.05) is 25.7 Å². The first-order chi connectivity index (χ1) is 15.8. The summed E-state index contributed by atoms with van der Waals surface area (Å²) in [7, 11) is 1.61. The third-order valence-corrected chi connectivity index (χ3v) is 5.43. The molecule has 3 heterocycles. The van der Waals surface area contributed by atoms with Crippen LogP contribution >= 0.6 is 0 Å². The summed E-state index contributed by atoms with van der Waals surface area (Å²) in [6.45, 7) is 5.28. The summed E-state index contributed by atoms with van der Waals surface area (Å²) in [5, 5.41) is 0.710. The molecule has 2 aromatic carbocycles. The van der Waals surface area contributed by atoms with Gasteiger partial charge in [-0.25, -0.2) is 9.97 Å². The van der Waals surface area contributed by atoms with Crippen LogP contribution in [0, 0.1) is 0 Å². The van der Waals surface area contributed by atoms with Gasteiger partial charge in [-0.3, -0.25) is 4.90 Å². The summed E-state index contributed by atoms with van der Waals surface area (Å²) >= 11 is 0. The van der Waals surface area contributed by atoms with E-state index < -0.39 is 0 Å². The standard InChI is InChI=1S/C23H25N3O6/c1-27-20-12-16-17(13-21(20)29-9-3-6-26-7-10-28-11-8-26)24-14-25-23(16)32-19-5-2-4-18-22(19)31-15-30-18/h2,4-5,12-14H,3,6-11,15H2,1H3. The van der Waals surface area contributed by atoms with E-state index in [1.807, 2.05) is 30.3 Å². The van der Waals surface area contributed by atoms with Gasteiger partial charge in [0.05, 0.1) is 37.8 Å². The predicted octanol–water partition coefficient (Wildman–Crippen LogP) is 3.26. The average molecular weight is 439 g/mol. The Morgan fingerprint density at radius 1 is 1.03 bits per heavy atom. The molecule has 32 heavy (non-hydrogen) atoms. The monoisotopic (exact) mass is 439 g/mol. The lowest BCUT2D eigenvalue weighted by atomic mass is 10.2. The zero-order valence-corrected chi connectivity index (χ0v) is 17.9. The van der Waals surface area contributed by atoms with Gasteiger partial charge in [-0.05, 0) is 24.6 Å². The molecule has 0 bridgehead atoms. The Morgan fingerprint density at radius 3 is 2.81 bits per heavy atom. The fourth-order valence-electron chi connectivity index (χ4n) is 3.78. The van der Waals surface area contributed by atoms with Crippen LogP contribution in [0.15, 0.2) is 36.7 Å². The Hall–Kier alpha value is -3.30. The summed E-state index contributed by atoms with van der Waals surface area (Å²) in [5.41, 5.74) is 0.698. The minimum absolute atomic E-state index is 0.167. The highest BCUT2D eigenvalue weighted by Crippen LogP contribution is 2.43. The zero-order chi connectivity index (χ0) is 21.8. The molecule has 0 saturated carbocycles. The molecular formula is C23H25N3O6. The van der Waals surface area contributed by atoms with Crippen molar-refractivity contribution in [3.63, 3.8) is 0 Å². The first kappa shape index (κ1) is 20.6. The zero-order valence-electron chi connectivity index (χ0n) is 17.9. The largest absolute Gasteiger partial charge is 0.493 e. The highest BCUT2D eigenvalue weighted by atomic mass is 16.7. The topological polar surface area (TPSA) is 84.4 Å². The molecule has 1 fully saturated rings. The van der Waals surface area contributed by atoms with Crippen LogP contribution in [0.5, 0.6) is 34.6 Å². The Kier molecular flexibility index (Phi) is 6.09. The Balaban J connectivity index is 1.33. The van der Waals surface area contributed by atoms with E-state index in [2.05, 4.69) is 14.9 Å². The fourth-order valence-corrected chi connectivity index (χ4v) is 3.78. The Labute approximate surface area is 185 Å². The van der Waals surface area contributed by atoms with Crippen LogP contribution in [-0.4, -0.2) is 68.2 Å². The molecule has 0 atom stereocenters. The van der Waals surface area contributed by atoms with Crippen LogP contribution in [0.4, 0.5) is 0 Å². The summed E-state index contributed by atoms with van der Waals surface area (Å²) in [6, 6.07) is 9.17. The maximum absolute atomic E-state index is 6.07. The predicted molar refractivity (Wildman–Crippen MR) is 116 cm³/mol. The van der Waals surface area contributed by atoms with E-state index in [1.54, 1.807) is 7.11 Å². The lowest BCUT2D eigenvalue weighted by Crippen LogP contribution is -2.37. The Bertz CT molecular complexity index is 1090. The van der Waals surface area contributed by atoms with Crippen molar-refractivity contribution in [2.45, 2.75) is 6.42 Å². The van der Waals surface area contributed by atoms with E-state index in [9.17, 15) is 0 Å². The van der Waals surface area contributed by atoms with E-state index in [1.165, 1.54) is 6.33 Å². The van der Waals surface area contributed by atoms with Crippen LogP contribution in [0.25, 0.3) is 10.9 Å². The van der Waals surface area contributed by atoms with Crippen molar-refractivity contribution in [1.29, 1.82) is 0 Å². The summed E-state index contributed by atoms with van der Waals surface area (Å²) in [4.78, 5) is 11.1. The van der Waals surface area contributed by atoms with Gasteiger partial charge in [0.1, 0.15) is 6.33 Å². The van der Waals surface area contributed by atoms with Crippen molar-refractivity contribution in [3.05, 3.63) is 36.7 Å². The van der Waals surface area contributed by atoms with Crippen molar-refractivity contribution in [2.75, 3.05) is 53.4 Å². The number of morpholine rings is 1. The van der Waals surface area contributed by atoms with Crippen LogP contribution in [0.1, 0.15) is 6.42 Å². The van der Waals surface area contributed by atoms with Crippen molar-refractivity contribution in [3.8, 4) is 34.6 Å². The first-order valence-electron chi connectivity index (χ1n) is 10.6. The number of benzene rings is 2. The highest BCUT2D eigenvalue weighted by Gasteiger charge is 2.21. The number of rotatable bonds is 8. The molecular weight excluding hydrogens is 414 g/mol. The lowest BCUT2D eigenvalue weighted by molar-refractivity contribution is 0.0357. The van der Waals surface area contributed by atoms with E-state index >= 15 is 0 Å². The molecule has 0 amide bonds. The van der Waals surface area contributed by atoms with Gasteiger partial charge in [0.15, 0.2) is 23.0 Å². The summed E-state index contributed by atoms with van der Waals surface area (Å²) < 4.78 is 34.0. The van der Waals surface area contributed by atoms with E-state index in [0.717, 1.165) is 39.3 Å². The van der Waals surface area contributed by atoms with Crippen molar-refractivity contribution >= 4 is 10.9 Å². The van der Waals surface area contributed by atoms with Crippen LogP contribution in [0.3, 0.4) is 0 Å². The molecule has 2 aliphatic heterocycles. The number of ether oxygens (including phenoxy) is 6. The smallest absolute Gasteiger partial charge is 0.231 e. The van der Waals surface area contributed by atoms with Crippen molar-refractivity contribution < 1.29 is 28.4 Å². The maximum atomic E-state index is 6.07. The van der Waals surface area contributed by atoms with Gasteiger partial charge >= 0.3 is 0 Å². The molecule has 1 aromatic heterocycles. The van der Waals surface area contributed by atoms with E-state index in [0.29, 0.717) is 52.1 Å². The van der Waals surface area contributed by atoms with E-state index in [4.69, 9.17) is 28.4 Å². The molecule has 2 aliphatic rings. The second kappa shape index (κ2) is 9.46. The minimum Gasteiger partial charge on any atom is -0.493 e. The molecule has 9 nitrogen and oxygen atoms in total. The number of hydrogen-bond acceptors (Lipinski definition) is 9. The average Bonchev–Trinajstić information content (AvgIpc) is 3.32. The molecule has 0 N–H and O–H groups in total. The van der Waals surface area contributed by atoms with Crippen molar-refractivity contribution in [2.24, 2.45) is 0 Å². The second-order valence-electron chi connectivity index (χ2n) is 7.45. The molecule has 5 rings (SSSR count). The van der Waals surface area contributed by atoms with Crippen molar-refractivity contribution in [1.82, 2.24) is 14.9 Å². The normalized spacial score (nSPS) is 15.7. The molecule has 0 unspecified atom stereocenters. The van der Waals surface area contributed by atoms with Gasteiger partial charge in [-0.1, -0.05) is 6.07 Å². The SMILES string of the molecule is COc1cc2c(Oc3cccc4c3OCO4)ncnc2cc1OCCCN1CCOCC1. The lowest BCUT2D eigenvalue weighted by Gasteiger charge is -2.26. The highest BCUT2D eigenvalue weighted by molar-refractivity contribution is 5.87. The molecule has 1 saturated heterocycles. The number of nitrogens with zero attached hydrogens (tertiary/aromatic N) is 3. The first-order valence-corrected chi connectivity index (χ1v) is 10.6. The Morgan fingerprint density at radius 2 is 1.94 bits per heavy atom. The van der Waals surface area contributed by atoms with Crippen LogP contribution < -0.4 is 23.7 Å². The molecule has 0 spiro atoms. The molecule has 9 heteroatoms. The third kappa shape index (κ3) is 4.35. The number of fused-ring (bicyclic) bond motifs is 2. The van der Waals surface area contributed by atoms with E-state index in [-0.39, 0.29) is 6.79 Å². The van der Waals surface area contributed by atoms with Gasteiger partial charge in [-0.15, -0.1) is 0 Å². The molecule has 0 aliphatic carbocycles. The number of para-hydroxylation sites is 1. The number of methoxy groups -OCH3 is 1. The molecule has 0 radical (unpaired) electrons. The van der Waals surface area contributed by atoms with Gasteiger partial charge in [0.25, 0.3) is 0 Å². The molecule has 168 valence electrons. The molecule has 3 aromatic rings. The minimum atomic E-state index is 0.167.